The summed E-state index contributed by atoms with van der Waals surface area (Å²) in [4.78, 5) is 11.9. The van der Waals surface area contributed by atoms with Crippen molar-refractivity contribution in [3.8, 4) is 11.8 Å². The van der Waals surface area contributed by atoms with Crippen LogP contribution >= 0.6 is 0 Å². The Morgan fingerprint density at radius 3 is 2.80 bits per heavy atom. The third-order valence-corrected chi connectivity index (χ3v) is 2.70. The number of nitrogens with zero attached hydrogens (tertiary/aromatic N) is 1. The molecule has 106 valence electrons. The quantitative estimate of drug-likeness (QED) is 0.471. The van der Waals surface area contributed by atoms with Gasteiger partial charge in [-0.05, 0) is 25.5 Å². The van der Waals surface area contributed by atoms with Crippen molar-refractivity contribution in [3.63, 3.8) is 0 Å². The van der Waals surface area contributed by atoms with Gasteiger partial charge in [-0.15, -0.1) is 0 Å². The molecule has 0 saturated heterocycles. The van der Waals surface area contributed by atoms with E-state index in [1.807, 2.05) is 44.2 Å². The van der Waals surface area contributed by atoms with Crippen molar-refractivity contribution in [2.24, 2.45) is 0 Å². The largest absolute Gasteiger partial charge is 0.493 e. The van der Waals surface area contributed by atoms with Crippen LogP contribution in [0.5, 0.6) is 5.75 Å². The van der Waals surface area contributed by atoms with Gasteiger partial charge in [0.05, 0.1) is 6.61 Å². The molecule has 0 fully saturated rings. The zero-order chi connectivity index (χ0) is 14.8. The van der Waals surface area contributed by atoms with E-state index in [2.05, 4.69) is 5.32 Å². The Bertz CT molecular complexity index is 515. The lowest BCUT2D eigenvalue weighted by molar-refractivity contribution is -0.117. The molecular weight excluding hydrogens is 252 g/mol. The van der Waals surface area contributed by atoms with Crippen molar-refractivity contribution in [2.45, 2.75) is 26.7 Å². The third kappa shape index (κ3) is 4.77. The maximum atomic E-state index is 11.9. The first-order valence-electron chi connectivity index (χ1n) is 6.84. The first-order valence-corrected chi connectivity index (χ1v) is 6.84. The number of carbonyl (C=O) groups excluding carboxylic acids is 1. The number of carbonyl (C=O) groups is 1. The minimum atomic E-state index is -0.341. The molecule has 0 aliphatic rings. The molecule has 0 aliphatic carbocycles. The Kier molecular flexibility index (Phi) is 6.91. The lowest BCUT2D eigenvalue weighted by Gasteiger charge is -2.07. The average molecular weight is 272 g/mol. The number of hydrogen-bond donors (Lipinski definition) is 1. The van der Waals surface area contributed by atoms with E-state index in [0.717, 1.165) is 18.4 Å². The van der Waals surface area contributed by atoms with Crippen LogP contribution in [0.4, 0.5) is 0 Å². The first-order chi connectivity index (χ1) is 9.72. The van der Waals surface area contributed by atoms with E-state index in [9.17, 15) is 4.79 Å². The number of unbranched alkanes of at least 4 members (excludes halogenated alkanes) is 1. The number of amides is 1. The Morgan fingerprint density at radius 2 is 2.15 bits per heavy atom. The lowest BCUT2D eigenvalue weighted by atomic mass is 10.1. The molecule has 0 unspecified atom stereocenters. The molecule has 0 aliphatic heterocycles. The number of nitrogens with one attached hydrogen (secondary N) is 1. The fraction of sp³-hybridized carbons (Fsp3) is 0.375. The van der Waals surface area contributed by atoms with E-state index in [1.165, 1.54) is 0 Å². The molecule has 0 bridgehead atoms. The second-order valence-corrected chi connectivity index (χ2v) is 4.25. The number of ether oxygens (including phenoxy) is 1. The Hall–Kier alpha value is -2.28. The molecule has 1 rings (SSSR count). The van der Waals surface area contributed by atoms with Gasteiger partial charge in [-0.1, -0.05) is 31.5 Å². The highest BCUT2D eigenvalue weighted by Crippen LogP contribution is 2.20. The van der Waals surface area contributed by atoms with Crippen LogP contribution < -0.4 is 10.1 Å². The molecule has 4 heteroatoms. The molecule has 1 aromatic rings. The normalized spacial score (nSPS) is 10.8. The zero-order valence-electron chi connectivity index (χ0n) is 12.0. The second-order valence-electron chi connectivity index (χ2n) is 4.25. The van der Waals surface area contributed by atoms with Gasteiger partial charge in [-0.3, -0.25) is 4.79 Å². The van der Waals surface area contributed by atoms with Gasteiger partial charge in [-0.2, -0.15) is 5.26 Å². The minimum absolute atomic E-state index is 0.0910. The predicted molar refractivity (Wildman–Crippen MR) is 79.1 cm³/mol. The van der Waals surface area contributed by atoms with Crippen LogP contribution in [0, 0.1) is 11.3 Å². The zero-order valence-corrected chi connectivity index (χ0v) is 12.0. The predicted octanol–water partition coefficient (Wildman–Crippen LogP) is 2.91. The van der Waals surface area contributed by atoms with Gasteiger partial charge in [0.2, 0.25) is 0 Å². The van der Waals surface area contributed by atoms with Crippen molar-refractivity contribution in [2.75, 3.05) is 13.2 Å². The van der Waals surface area contributed by atoms with Crippen molar-refractivity contribution < 1.29 is 9.53 Å². The van der Waals surface area contributed by atoms with Crippen LogP contribution in [0.1, 0.15) is 32.3 Å². The van der Waals surface area contributed by atoms with E-state index >= 15 is 0 Å². The summed E-state index contributed by atoms with van der Waals surface area (Å²) in [5.74, 6) is 0.330. The van der Waals surface area contributed by atoms with Gasteiger partial charge in [-0.25, -0.2) is 0 Å². The van der Waals surface area contributed by atoms with Crippen LogP contribution in [-0.2, 0) is 4.79 Å². The molecule has 4 nitrogen and oxygen atoms in total. The van der Waals surface area contributed by atoms with Gasteiger partial charge in [0.15, 0.2) is 0 Å². The van der Waals surface area contributed by atoms with Crippen LogP contribution in [0.25, 0.3) is 6.08 Å². The Balaban J connectivity index is 2.89. The highest BCUT2D eigenvalue weighted by molar-refractivity contribution is 6.01. The maximum absolute atomic E-state index is 11.9. The van der Waals surface area contributed by atoms with Crippen LogP contribution in [0.2, 0.25) is 0 Å². The lowest BCUT2D eigenvalue weighted by Crippen LogP contribution is -2.25. The second kappa shape index (κ2) is 8.76. The summed E-state index contributed by atoms with van der Waals surface area (Å²) < 4.78 is 5.47. The number of rotatable bonds is 7. The number of benzene rings is 1. The summed E-state index contributed by atoms with van der Waals surface area (Å²) in [7, 11) is 0. The van der Waals surface area contributed by atoms with Crippen molar-refractivity contribution in [1.29, 1.82) is 5.26 Å². The smallest absolute Gasteiger partial charge is 0.261 e. The van der Waals surface area contributed by atoms with E-state index in [1.54, 1.807) is 6.08 Å². The summed E-state index contributed by atoms with van der Waals surface area (Å²) in [6, 6.07) is 9.28. The summed E-state index contributed by atoms with van der Waals surface area (Å²) in [6.45, 7) is 5.06. The molecular formula is C16H20N2O2. The van der Waals surface area contributed by atoms with Crippen molar-refractivity contribution in [1.82, 2.24) is 5.32 Å². The number of nitriles is 1. The minimum Gasteiger partial charge on any atom is -0.493 e. The average Bonchev–Trinajstić information content (AvgIpc) is 2.46. The highest BCUT2D eigenvalue weighted by atomic mass is 16.5. The van der Waals surface area contributed by atoms with Crippen LogP contribution in [0.15, 0.2) is 29.8 Å². The number of hydrogen-bond acceptors (Lipinski definition) is 3. The standard InChI is InChI=1S/C16H20N2O2/c1-3-5-10-18-16(19)14(12-17)11-13-8-6-7-9-15(13)20-4-2/h6-9,11H,3-5,10H2,1-2H3,(H,18,19)/b14-11+. The van der Waals surface area contributed by atoms with E-state index in [-0.39, 0.29) is 11.5 Å². The van der Waals surface area contributed by atoms with E-state index in [0.29, 0.717) is 18.9 Å². The topological polar surface area (TPSA) is 62.1 Å². The van der Waals surface area contributed by atoms with Gasteiger partial charge < -0.3 is 10.1 Å². The van der Waals surface area contributed by atoms with Gasteiger partial charge in [0, 0.05) is 12.1 Å². The van der Waals surface area contributed by atoms with Gasteiger partial charge >= 0.3 is 0 Å². The monoisotopic (exact) mass is 272 g/mol. The third-order valence-electron chi connectivity index (χ3n) is 2.70. The van der Waals surface area contributed by atoms with Gasteiger partial charge in [0.25, 0.3) is 5.91 Å². The molecule has 0 radical (unpaired) electrons. The molecule has 20 heavy (non-hydrogen) atoms. The Labute approximate surface area is 120 Å². The fourth-order valence-corrected chi connectivity index (χ4v) is 1.66. The van der Waals surface area contributed by atoms with Crippen molar-refractivity contribution >= 4 is 12.0 Å². The molecule has 1 amide bonds. The SMILES string of the molecule is CCCCNC(=O)/C(C#N)=C/c1ccccc1OCC. The Morgan fingerprint density at radius 1 is 1.40 bits per heavy atom. The van der Waals surface area contributed by atoms with Crippen LogP contribution in [0.3, 0.4) is 0 Å². The molecule has 1 N–H and O–H groups in total. The summed E-state index contributed by atoms with van der Waals surface area (Å²) in [5.41, 5.74) is 0.824. The van der Waals surface area contributed by atoms with E-state index < -0.39 is 0 Å². The molecule has 1 aromatic carbocycles. The van der Waals surface area contributed by atoms with Gasteiger partial charge in [0.1, 0.15) is 17.4 Å². The number of para-hydroxylation sites is 1. The molecule has 0 aromatic heterocycles. The molecule has 0 saturated carbocycles. The summed E-state index contributed by atoms with van der Waals surface area (Å²) >= 11 is 0. The maximum Gasteiger partial charge on any atom is 0.261 e. The summed E-state index contributed by atoms with van der Waals surface area (Å²) in [5, 5.41) is 11.9. The van der Waals surface area contributed by atoms with E-state index in [4.69, 9.17) is 10.00 Å². The summed E-state index contributed by atoms with van der Waals surface area (Å²) in [6.07, 6.45) is 3.46. The molecule has 0 spiro atoms. The molecule has 0 heterocycles. The highest BCUT2D eigenvalue weighted by Gasteiger charge is 2.09. The first kappa shape index (κ1) is 15.8. The van der Waals surface area contributed by atoms with Crippen molar-refractivity contribution in [3.05, 3.63) is 35.4 Å². The molecule has 0 atom stereocenters. The van der Waals surface area contributed by atoms with Crippen LogP contribution in [-0.4, -0.2) is 19.1 Å². The fourth-order valence-electron chi connectivity index (χ4n) is 1.66.